The van der Waals surface area contributed by atoms with Gasteiger partial charge >= 0.3 is 12.4 Å². The maximum absolute atomic E-state index is 13.5. The summed E-state index contributed by atoms with van der Waals surface area (Å²) in [5, 5.41) is 20.0. The lowest BCUT2D eigenvalue weighted by Crippen LogP contribution is -2.13. The van der Waals surface area contributed by atoms with E-state index in [2.05, 4.69) is 0 Å². The first-order valence-electron chi connectivity index (χ1n) is 7.49. The summed E-state index contributed by atoms with van der Waals surface area (Å²) in [4.78, 5) is 0. The van der Waals surface area contributed by atoms with Crippen LogP contribution in [0.2, 0.25) is 0 Å². The quantitative estimate of drug-likeness (QED) is 0.595. The van der Waals surface area contributed by atoms with Crippen LogP contribution in [0.25, 0.3) is 11.1 Å². The highest BCUT2D eigenvalue weighted by atomic mass is 19.4. The van der Waals surface area contributed by atoms with E-state index in [1.807, 2.05) is 0 Å². The van der Waals surface area contributed by atoms with E-state index in [-0.39, 0.29) is 22.3 Å². The summed E-state index contributed by atoms with van der Waals surface area (Å²) in [5.74, 6) is -2.25. The highest BCUT2D eigenvalue weighted by Crippen LogP contribution is 2.50. The number of aromatic hydroxyl groups is 2. The van der Waals surface area contributed by atoms with Gasteiger partial charge < -0.3 is 10.2 Å². The fraction of sp³-hybridized carbons (Fsp3) is 0.333. The lowest BCUT2D eigenvalue weighted by atomic mass is 9.87. The third kappa shape index (κ3) is 3.20. The molecule has 0 radical (unpaired) electrons. The molecule has 0 amide bonds. The Morgan fingerprint density at radius 3 is 1.12 bits per heavy atom. The van der Waals surface area contributed by atoms with Crippen molar-refractivity contribution in [3.8, 4) is 22.6 Å². The number of aryl methyl sites for hydroxylation is 2. The zero-order chi connectivity index (χ0) is 20.2. The Morgan fingerprint density at radius 1 is 0.615 bits per heavy atom. The van der Waals surface area contributed by atoms with Gasteiger partial charge in [0, 0.05) is 0 Å². The van der Waals surface area contributed by atoms with Crippen molar-refractivity contribution in [1.29, 1.82) is 0 Å². The maximum Gasteiger partial charge on any atom is 0.420 e. The first-order chi connectivity index (χ1) is 11.7. The van der Waals surface area contributed by atoms with E-state index in [9.17, 15) is 36.6 Å². The van der Waals surface area contributed by atoms with E-state index in [1.54, 1.807) is 0 Å². The fourth-order valence-corrected chi connectivity index (χ4v) is 2.80. The Hall–Kier alpha value is -2.38. The molecule has 0 aliphatic rings. The molecule has 0 saturated carbocycles. The minimum absolute atomic E-state index is 0.0808. The zero-order valence-electron chi connectivity index (χ0n) is 14.3. The molecule has 2 aromatic rings. The third-order valence-electron chi connectivity index (χ3n) is 4.48. The van der Waals surface area contributed by atoms with Gasteiger partial charge in [-0.15, -0.1) is 0 Å². The van der Waals surface area contributed by atoms with Gasteiger partial charge in [-0.1, -0.05) is 12.1 Å². The topological polar surface area (TPSA) is 40.5 Å². The van der Waals surface area contributed by atoms with Crippen molar-refractivity contribution >= 4 is 0 Å². The molecule has 2 aromatic carbocycles. The van der Waals surface area contributed by atoms with Gasteiger partial charge in [0.2, 0.25) is 0 Å². The van der Waals surface area contributed by atoms with Crippen molar-refractivity contribution in [2.45, 2.75) is 40.0 Å². The van der Waals surface area contributed by atoms with E-state index in [0.29, 0.717) is 0 Å². The van der Waals surface area contributed by atoms with Crippen LogP contribution in [-0.2, 0) is 12.4 Å². The standard InChI is InChI=1S/C18H16F6O2/c1-7-5-11(13(17(19,20)21)15(25)9(7)3)12-6-8(2)10(4)16(26)14(12)18(22,23)24/h5-6,25-26H,1-4H3. The Labute approximate surface area is 145 Å². The predicted molar refractivity (Wildman–Crippen MR) is 84.2 cm³/mol. The molecule has 0 aliphatic heterocycles. The van der Waals surface area contributed by atoms with Crippen LogP contribution in [-0.4, -0.2) is 10.2 Å². The smallest absolute Gasteiger partial charge is 0.420 e. The Morgan fingerprint density at radius 2 is 0.885 bits per heavy atom. The summed E-state index contributed by atoms with van der Waals surface area (Å²) >= 11 is 0. The SMILES string of the molecule is Cc1cc(-c2cc(C)c(C)c(O)c2C(F)(F)F)c(C(F)(F)F)c(O)c1C. The normalized spacial score (nSPS) is 12.5. The number of benzene rings is 2. The number of phenolic OH excluding ortho intramolecular Hbond substituents is 2. The van der Waals surface area contributed by atoms with Crippen LogP contribution in [0.15, 0.2) is 12.1 Å². The number of hydrogen-bond acceptors (Lipinski definition) is 2. The fourth-order valence-electron chi connectivity index (χ4n) is 2.80. The summed E-state index contributed by atoms with van der Waals surface area (Å²) in [6.07, 6.45) is -10.2. The van der Waals surface area contributed by atoms with Gasteiger partial charge in [-0.05, 0) is 61.1 Å². The van der Waals surface area contributed by atoms with Crippen molar-refractivity contribution in [1.82, 2.24) is 0 Å². The molecule has 142 valence electrons. The Kier molecular flexibility index (Phi) is 4.68. The van der Waals surface area contributed by atoms with Crippen molar-refractivity contribution in [2.24, 2.45) is 0 Å². The summed E-state index contributed by atoms with van der Waals surface area (Å²) < 4.78 is 81.1. The molecule has 2 nitrogen and oxygen atoms in total. The van der Waals surface area contributed by atoms with Crippen molar-refractivity contribution < 1.29 is 36.6 Å². The molecule has 0 saturated heterocycles. The lowest BCUT2D eigenvalue weighted by molar-refractivity contribution is -0.140. The average Bonchev–Trinajstić information content (AvgIpc) is 2.46. The summed E-state index contributed by atoms with van der Waals surface area (Å²) in [6.45, 7) is 5.25. The van der Waals surface area contributed by atoms with Gasteiger partial charge in [-0.3, -0.25) is 0 Å². The van der Waals surface area contributed by atoms with Gasteiger partial charge in [0.05, 0.1) is 0 Å². The summed E-state index contributed by atoms with van der Waals surface area (Å²) in [7, 11) is 0. The molecule has 0 aromatic heterocycles. The number of hydrogen-bond donors (Lipinski definition) is 2. The lowest BCUT2D eigenvalue weighted by Gasteiger charge is -2.23. The molecular weight excluding hydrogens is 362 g/mol. The van der Waals surface area contributed by atoms with Gasteiger partial charge in [0.15, 0.2) is 0 Å². The van der Waals surface area contributed by atoms with Gasteiger partial charge in [0.25, 0.3) is 0 Å². The highest BCUT2D eigenvalue weighted by Gasteiger charge is 2.43. The molecule has 0 unspecified atom stereocenters. The van der Waals surface area contributed by atoms with E-state index < -0.39 is 46.1 Å². The molecule has 0 spiro atoms. The average molecular weight is 378 g/mol. The van der Waals surface area contributed by atoms with Crippen LogP contribution in [0.4, 0.5) is 26.3 Å². The summed E-state index contributed by atoms with van der Waals surface area (Å²) in [6, 6.07) is 1.88. The second-order valence-electron chi connectivity index (χ2n) is 6.17. The van der Waals surface area contributed by atoms with Crippen molar-refractivity contribution in [3.05, 3.63) is 45.5 Å². The number of phenols is 2. The highest BCUT2D eigenvalue weighted by molar-refractivity contribution is 5.79. The second kappa shape index (κ2) is 6.10. The first-order valence-corrected chi connectivity index (χ1v) is 7.49. The minimum Gasteiger partial charge on any atom is -0.507 e. The molecular formula is C18H16F6O2. The van der Waals surface area contributed by atoms with Crippen LogP contribution >= 0.6 is 0 Å². The largest absolute Gasteiger partial charge is 0.507 e. The van der Waals surface area contributed by atoms with Crippen molar-refractivity contribution in [2.75, 3.05) is 0 Å². The van der Waals surface area contributed by atoms with Crippen LogP contribution in [0, 0.1) is 27.7 Å². The van der Waals surface area contributed by atoms with Crippen LogP contribution in [0.1, 0.15) is 33.4 Å². The molecule has 2 N–H and O–H groups in total. The minimum atomic E-state index is -5.09. The number of halogens is 6. The van der Waals surface area contributed by atoms with Gasteiger partial charge in [0.1, 0.15) is 22.6 Å². The molecule has 0 atom stereocenters. The van der Waals surface area contributed by atoms with E-state index in [4.69, 9.17) is 0 Å². The molecule has 2 rings (SSSR count). The van der Waals surface area contributed by atoms with E-state index in [0.717, 1.165) is 12.1 Å². The first kappa shape index (κ1) is 19.9. The van der Waals surface area contributed by atoms with Crippen molar-refractivity contribution in [3.63, 3.8) is 0 Å². The monoisotopic (exact) mass is 378 g/mol. The molecule has 26 heavy (non-hydrogen) atoms. The molecule has 0 heterocycles. The van der Waals surface area contributed by atoms with E-state index in [1.165, 1.54) is 27.7 Å². The molecule has 8 heteroatoms. The van der Waals surface area contributed by atoms with Crippen LogP contribution < -0.4 is 0 Å². The van der Waals surface area contributed by atoms with Crippen LogP contribution in [0.5, 0.6) is 11.5 Å². The molecule has 0 aliphatic carbocycles. The third-order valence-corrected chi connectivity index (χ3v) is 4.48. The van der Waals surface area contributed by atoms with Gasteiger partial charge in [-0.2, -0.15) is 26.3 Å². The van der Waals surface area contributed by atoms with Crippen LogP contribution in [0.3, 0.4) is 0 Å². The Bertz CT molecular complexity index is 806. The second-order valence-corrected chi connectivity index (χ2v) is 6.17. The predicted octanol–water partition coefficient (Wildman–Crippen LogP) is 6.04. The number of alkyl halides is 6. The number of rotatable bonds is 1. The van der Waals surface area contributed by atoms with Gasteiger partial charge in [-0.25, -0.2) is 0 Å². The zero-order valence-corrected chi connectivity index (χ0v) is 14.3. The Balaban J connectivity index is 3.08. The van der Waals surface area contributed by atoms with E-state index >= 15 is 0 Å². The molecule has 0 fully saturated rings. The maximum atomic E-state index is 13.5. The molecule has 0 bridgehead atoms. The summed E-state index contributed by atoms with van der Waals surface area (Å²) in [5.41, 5.74) is -4.56.